The summed E-state index contributed by atoms with van der Waals surface area (Å²) < 4.78 is 4.97. The van der Waals surface area contributed by atoms with Gasteiger partial charge in [-0.05, 0) is 119 Å². The molecule has 0 bridgehead atoms. The molecule has 11 rings (SSSR count). The molecule has 59 heavy (non-hydrogen) atoms. The Hall–Kier alpha value is -7.20. The minimum atomic E-state index is 1.12. The lowest BCUT2D eigenvalue weighted by atomic mass is 9.94. The van der Waals surface area contributed by atoms with Crippen molar-refractivity contribution in [2.75, 3.05) is 4.90 Å². The van der Waals surface area contributed by atoms with Crippen LogP contribution in [0.3, 0.4) is 0 Å². The van der Waals surface area contributed by atoms with Crippen molar-refractivity contribution in [1.82, 2.24) is 4.57 Å². The molecule has 280 valence electrons. The van der Waals surface area contributed by atoms with Crippen LogP contribution in [0.2, 0.25) is 0 Å². The zero-order chi connectivity index (χ0) is 39.5. The van der Waals surface area contributed by atoms with Crippen LogP contribution in [0.4, 0.5) is 17.1 Å². The van der Waals surface area contributed by atoms with Crippen LogP contribution in [0.5, 0.6) is 0 Å². The van der Waals surface area contributed by atoms with Gasteiger partial charge >= 0.3 is 0 Å². The monoisotopic (exact) mass is 772 g/mol. The van der Waals surface area contributed by atoms with Gasteiger partial charge in [-0.1, -0.05) is 146 Å². The zero-order valence-electron chi connectivity index (χ0n) is 32.9. The van der Waals surface area contributed by atoms with E-state index in [9.17, 15) is 0 Å². The summed E-state index contributed by atoms with van der Waals surface area (Å²) in [5.74, 6) is 0. The molecule has 0 fully saturated rings. The Morgan fingerprint density at radius 3 is 1.66 bits per heavy atom. The maximum Gasteiger partial charge on any atom is 0.0555 e. The molecule has 0 spiro atoms. The highest BCUT2D eigenvalue weighted by Crippen LogP contribution is 2.49. The molecule has 0 aliphatic carbocycles. The lowest BCUT2D eigenvalue weighted by Crippen LogP contribution is -2.11. The van der Waals surface area contributed by atoms with E-state index in [0.717, 1.165) is 17.1 Å². The lowest BCUT2D eigenvalue weighted by Gasteiger charge is -2.28. The Balaban J connectivity index is 1.13. The second kappa shape index (κ2) is 14.3. The third-order valence-corrected chi connectivity index (χ3v) is 13.0. The van der Waals surface area contributed by atoms with Gasteiger partial charge in [0.05, 0.1) is 16.7 Å². The Labute approximate surface area is 348 Å². The number of nitrogens with zero attached hydrogens (tertiary/aromatic N) is 2. The Kier molecular flexibility index (Phi) is 8.49. The van der Waals surface area contributed by atoms with Crippen molar-refractivity contribution in [2.45, 2.75) is 13.8 Å². The van der Waals surface area contributed by atoms with Gasteiger partial charge in [-0.15, -0.1) is 11.3 Å². The van der Waals surface area contributed by atoms with Crippen LogP contribution in [0.1, 0.15) is 11.1 Å². The van der Waals surface area contributed by atoms with Gasteiger partial charge in [0.2, 0.25) is 0 Å². The smallest absolute Gasteiger partial charge is 0.0555 e. The topological polar surface area (TPSA) is 8.17 Å². The molecule has 11 aromatic rings. The molecule has 0 saturated heterocycles. The highest BCUT2D eigenvalue weighted by atomic mass is 32.1. The highest BCUT2D eigenvalue weighted by Gasteiger charge is 2.23. The minimum Gasteiger partial charge on any atom is -0.310 e. The predicted molar refractivity (Wildman–Crippen MR) is 254 cm³/mol. The van der Waals surface area contributed by atoms with E-state index in [0.29, 0.717) is 0 Å². The largest absolute Gasteiger partial charge is 0.310 e. The maximum atomic E-state index is 2.48. The third-order valence-electron chi connectivity index (χ3n) is 11.8. The molecule has 0 aliphatic heterocycles. The predicted octanol–water partition coefficient (Wildman–Crippen LogP) is 16.2. The molecule has 0 atom stereocenters. The fraction of sp³-hybridized carbons (Fsp3) is 0.0357. The molecule has 0 N–H and O–H groups in total. The number of fused-ring (bicyclic) bond motifs is 6. The van der Waals surface area contributed by atoms with Gasteiger partial charge in [0.1, 0.15) is 0 Å². The van der Waals surface area contributed by atoms with Crippen LogP contribution in [-0.4, -0.2) is 4.57 Å². The van der Waals surface area contributed by atoms with E-state index in [1.807, 2.05) is 11.3 Å². The molecule has 0 amide bonds. The summed E-state index contributed by atoms with van der Waals surface area (Å²) in [6.45, 7) is 4.50. The van der Waals surface area contributed by atoms with Gasteiger partial charge in [0.15, 0.2) is 0 Å². The van der Waals surface area contributed by atoms with Crippen molar-refractivity contribution in [1.29, 1.82) is 0 Å². The van der Waals surface area contributed by atoms with Crippen LogP contribution in [0.25, 0.3) is 81.0 Å². The van der Waals surface area contributed by atoms with Crippen molar-refractivity contribution in [2.24, 2.45) is 0 Å². The van der Waals surface area contributed by atoms with E-state index >= 15 is 0 Å². The molecular formula is C56H40N2S. The van der Waals surface area contributed by atoms with Crippen molar-refractivity contribution >= 4 is 70.4 Å². The Morgan fingerprint density at radius 1 is 0.424 bits per heavy atom. The zero-order valence-corrected chi connectivity index (χ0v) is 33.7. The van der Waals surface area contributed by atoms with E-state index < -0.39 is 0 Å². The average Bonchev–Trinajstić information content (AvgIpc) is 3.84. The lowest BCUT2D eigenvalue weighted by molar-refractivity contribution is 1.18. The normalized spacial score (nSPS) is 11.6. The summed E-state index contributed by atoms with van der Waals surface area (Å²) in [5.41, 5.74) is 16.9. The fourth-order valence-electron chi connectivity index (χ4n) is 9.23. The summed E-state index contributed by atoms with van der Waals surface area (Å²) >= 11 is 1.89. The van der Waals surface area contributed by atoms with Crippen LogP contribution < -0.4 is 4.90 Å². The fourth-order valence-corrected chi connectivity index (χ4v) is 10.5. The molecule has 0 unspecified atom stereocenters. The van der Waals surface area contributed by atoms with Crippen LogP contribution in [0, 0.1) is 13.8 Å². The molecule has 2 nitrogen and oxygen atoms in total. The van der Waals surface area contributed by atoms with E-state index in [2.05, 4.69) is 230 Å². The number of hydrogen-bond acceptors (Lipinski definition) is 2. The minimum absolute atomic E-state index is 1.12. The first kappa shape index (κ1) is 35.0. The highest BCUT2D eigenvalue weighted by molar-refractivity contribution is 7.26. The molecule has 0 saturated carbocycles. The second-order valence-electron chi connectivity index (χ2n) is 15.4. The van der Waals surface area contributed by atoms with Gasteiger partial charge in [0.25, 0.3) is 0 Å². The van der Waals surface area contributed by atoms with E-state index in [1.165, 1.54) is 92.2 Å². The van der Waals surface area contributed by atoms with Gasteiger partial charge in [-0.25, -0.2) is 0 Å². The van der Waals surface area contributed by atoms with E-state index in [1.54, 1.807) is 0 Å². The number of anilines is 3. The molecule has 0 radical (unpaired) electrons. The summed E-state index contributed by atoms with van der Waals surface area (Å²) in [6.07, 6.45) is 0. The standard InChI is InChI=1S/C56H40N2S/c1-37-34-45(35-38(2)54(37)41-18-7-4-8-19-41)57(43-30-28-40(29-31-43)39-16-5-3-6-17-39)52-33-32-46(56-55(52)49-24-11-14-27-53(49)59-56)42-20-15-21-44(36-42)58-50-25-12-9-22-47(50)48-23-10-13-26-51(48)58/h3-36H,1-2H3. The van der Waals surface area contributed by atoms with Gasteiger partial charge < -0.3 is 9.47 Å². The van der Waals surface area contributed by atoms with Crippen molar-refractivity contribution in [3.8, 4) is 39.1 Å². The van der Waals surface area contributed by atoms with Crippen LogP contribution in [0.15, 0.2) is 206 Å². The molecule has 0 aliphatic rings. The quantitative estimate of drug-likeness (QED) is 0.157. The first-order valence-electron chi connectivity index (χ1n) is 20.3. The molecule has 2 heterocycles. The number of thiophene rings is 1. The summed E-state index contributed by atoms with van der Waals surface area (Å²) in [5, 5.41) is 5.07. The number of aryl methyl sites for hydroxylation is 2. The van der Waals surface area contributed by atoms with E-state index in [4.69, 9.17) is 0 Å². The average molecular weight is 773 g/mol. The van der Waals surface area contributed by atoms with Crippen molar-refractivity contribution < 1.29 is 0 Å². The second-order valence-corrected chi connectivity index (χ2v) is 16.5. The molecule has 2 aromatic heterocycles. The first-order valence-corrected chi connectivity index (χ1v) is 21.1. The first-order chi connectivity index (χ1) is 29.1. The summed E-state index contributed by atoms with van der Waals surface area (Å²) in [6, 6.07) is 75.4. The van der Waals surface area contributed by atoms with Gasteiger partial charge in [-0.3, -0.25) is 0 Å². The van der Waals surface area contributed by atoms with Gasteiger partial charge in [-0.2, -0.15) is 0 Å². The summed E-state index contributed by atoms with van der Waals surface area (Å²) in [7, 11) is 0. The van der Waals surface area contributed by atoms with Gasteiger partial charge in [0, 0.05) is 48.0 Å². The molecular weight excluding hydrogens is 733 g/mol. The number of rotatable bonds is 7. The number of hydrogen-bond donors (Lipinski definition) is 0. The number of aromatic nitrogens is 1. The van der Waals surface area contributed by atoms with Crippen LogP contribution >= 0.6 is 11.3 Å². The molecule has 3 heteroatoms. The maximum absolute atomic E-state index is 2.48. The third kappa shape index (κ3) is 5.93. The van der Waals surface area contributed by atoms with E-state index in [-0.39, 0.29) is 0 Å². The van der Waals surface area contributed by atoms with Crippen molar-refractivity contribution in [3.05, 3.63) is 217 Å². The summed E-state index contributed by atoms with van der Waals surface area (Å²) in [4.78, 5) is 2.48. The Bertz CT molecular complexity index is 3260. The van der Waals surface area contributed by atoms with Crippen LogP contribution in [-0.2, 0) is 0 Å². The number of benzene rings is 9. The SMILES string of the molecule is Cc1cc(N(c2ccc(-c3ccccc3)cc2)c2ccc(-c3cccc(-n4c5ccccc5c5ccccc54)c3)c3sc4ccccc4c23)cc(C)c1-c1ccccc1. The Morgan fingerprint density at radius 2 is 0.983 bits per heavy atom. The van der Waals surface area contributed by atoms with Crippen molar-refractivity contribution in [3.63, 3.8) is 0 Å². The number of para-hydroxylation sites is 2. The molecule has 9 aromatic carbocycles.